The summed E-state index contributed by atoms with van der Waals surface area (Å²) >= 11 is 0. The quantitative estimate of drug-likeness (QED) is 0.809. The van der Waals surface area contributed by atoms with Gasteiger partial charge in [-0.15, -0.1) is 0 Å². The van der Waals surface area contributed by atoms with Gasteiger partial charge in [-0.25, -0.2) is 0 Å². The minimum absolute atomic E-state index is 0.00979. The zero-order valence-corrected chi connectivity index (χ0v) is 12.1. The van der Waals surface area contributed by atoms with E-state index in [9.17, 15) is 9.59 Å². The number of fused-ring (bicyclic) bond motifs is 2. The SMILES string of the molecule is CC(CO)CNC(=O)C(=O)N1CC2(CC2)c2ccccc21. The van der Waals surface area contributed by atoms with E-state index < -0.39 is 11.8 Å². The molecule has 1 fully saturated rings. The van der Waals surface area contributed by atoms with Gasteiger partial charge in [-0.3, -0.25) is 9.59 Å². The molecular weight excluding hydrogens is 268 g/mol. The Morgan fingerprint density at radius 1 is 1.38 bits per heavy atom. The number of rotatable bonds is 3. The number of amides is 2. The molecule has 2 N–H and O–H groups in total. The summed E-state index contributed by atoms with van der Waals surface area (Å²) in [5.41, 5.74) is 2.14. The Balaban J connectivity index is 1.73. The molecular formula is C16H20N2O3. The van der Waals surface area contributed by atoms with E-state index in [4.69, 9.17) is 5.11 Å². The van der Waals surface area contributed by atoms with Crippen LogP contribution in [0.2, 0.25) is 0 Å². The van der Waals surface area contributed by atoms with E-state index in [0.29, 0.717) is 13.1 Å². The van der Waals surface area contributed by atoms with Crippen molar-refractivity contribution in [1.82, 2.24) is 5.32 Å². The number of aliphatic hydroxyl groups excluding tert-OH is 1. The van der Waals surface area contributed by atoms with Crippen molar-refractivity contribution in [1.29, 1.82) is 0 Å². The third kappa shape index (κ3) is 2.42. The summed E-state index contributed by atoms with van der Waals surface area (Å²) in [4.78, 5) is 26.0. The molecule has 1 aromatic carbocycles. The number of carbonyl (C=O) groups excluding carboxylic acids is 2. The number of nitrogens with one attached hydrogen (secondary N) is 1. The molecule has 0 saturated heterocycles. The van der Waals surface area contributed by atoms with Crippen molar-refractivity contribution in [3.8, 4) is 0 Å². The standard InChI is InChI=1S/C16H20N2O3/c1-11(9-19)8-17-14(20)15(21)18-10-16(6-7-16)12-4-2-3-5-13(12)18/h2-5,11,19H,6-10H2,1H3,(H,17,20). The van der Waals surface area contributed by atoms with Crippen LogP contribution < -0.4 is 10.2 Å². The van der Waals surface area contributed by atoms with Gasteiger partial charge in [0.05, 0.1) is 0 Å². The highest BCUT2D eigenvalue weighted by molar-refractivity contribution is 6.40. The third-order valence-electron chi connectivity index (χ3n) is 4.44. The number of hydrogen-bond donors (Lipinski definition) is 2. The number of carbonyl (C=O) groups is 2. The molecule has 1 aliphatic heterocycles. The van der Waals surface area contributed by atoms with Crippen LogP contribution in [-0.2, 0) is 15.0 Å². The Labute approximate surface area is 123 Å². The molecule has 2 amide bonds. The lowest BCUT2D eigenvalue weighted by Crippen LogP contribution is -2.44. The monoisotopic (exact) mass is 288 g/mol. The van der Waals surface area contributed by atoms with Crippen LogP contribution in [0.15, 0.2) is 24.3 Å². The number of anilines is 1. The fourth-order valence-corrected chi connectivity index (χ4v) is 2.92. The molecule has 0 aromatic heterocycles. The van der Waals surface area contributed by atoms with Crippen LogP contribution in [0.4, 0.5) is 5.69 Å². The second kappa shape index (κ2) is 5.15. The molecule has 112 valence electrons. The molecule has 21 heavy (non-hydrogen) atoms. The van der Waals surface area contributed by atoms with Gasteiger partial charge in [0.25, 0.3) is 0 Å². The van der Waals surface area contributed by atoms with Crippen LogP contribution in [0.1, 0.15) is 25.3 Å². The molecule has 0 radical (unpaired) electrons. The molecule has 5 nitrogen and oxygen atoms in total. The first kappa shape index (κ1) is 14.1. The van der Waals surface area contributed by atoms with Crippen LogP contribution >= 0.6 is 0 Å². The van der Waals surface area contributed by atoms with Crippen molar-refractivity contribution >= 4 is 17.5 Å². The van der Waals surface area contributed by atoms with Gasteiger partial charge in [0.2, 0.25) is 0 Å². The largest absolute Gasteiger partial charge is 0.396 e. The molecule has 1 aromatic rings. The maximum absolute atomic E-state index is 12.4. The normalized spacial score (nSPS) is 19.2. The van der Waals surface area contributed by atoms with E-state index in [1.54, 1.807) is 4.90 Å². The summed E-state index contributed by atoms with van der Waals surface area (Å²) in [6.45, 7) is 2.72. The van der Waals surface area contributed by atoms with Crippen LogP contribution in [0.5, 0.6) is 0 Å². The van der Waals surface area contributed by atoms with Crippen molar-refractivity contribution < 1.29 is 14.7 Å². The molecule has 1 atom stereocenters. The van der Waals surface area contributed by atoms with E-state index in [1.165, 1.54) is 5.56 Å². The first-order chi connectivity index (χ1) is 10.1. The van der Waals surface area contributed by atoms with Gasteiger partial charge in [0.1, 0.15) is 0 Å². The predicted molar refractivity (Wildman–Crippen MR) is 79.0 cm³/mol. The van der Waals surface area contributed by atoms with Gasteiger partial charge in [-0.1, -0.05) is 25.1 Å². The maximum atomic E-state index is 12.4. The lowest BCUT2D eigenvalue weighted by atomic mass is 9.99. The molecule has 1 aliphatic carbocycles. The maximum Gasteiger partial charge on any atom is 0.316 e. The molecule has 1 heterocycles. The first-order valence-electron chi connectivity index (χ1n) is 7.37. The van der Waals surface area contributed by atoms with Gasteiger partial charge in [0.15, 0.2) is 0 Å². The Hall–Kier alpha value is -1.88. The zero-order chi connectivity index (χ0) is 15.0. The Morgan fingerprint density at radius 2 is 2.10 bits per heavy atom. The second-order valence-corrected chi connectivity index (χ2v) is 6.19. The topological polar surface area (TPSA) is 69.6 Å². The lowest BCUT2D eigenvalue weighted by Gasteiger charge is -2.18. The fraction of sp³-hybridized carbons (Fsp3) is 0.500. The van der Waals surface area contributed by atoms with Crippen molar-refractivity contribution in [2.75, 3.05) is 24.6 Å². The van der Waals surface area contributed by atoms with Crippen LogP contribution in [-0.4, -0.2) is 36.6 Å². The summed E-state index contributed by atoms with van der Waals surface area (Å²) in [5, 5.41) is 11.6. The molecule has 5 heteroatoms. The highest BCUT2D eigenvalue weighted by Crippen LogP contribution is 2.56. The Morgan fingerprint density at radius 3 is 2.76 bits per heavy atom. The van der Waals surface area contributed by atoms with E-state index >= 15 is 0 Å². The number of nitrogens with zero attached hydrogens (tertiary/aromatic N) is 1. The van der Waals surface area contributed by atoms with Crippen molar-refractivity contribution in [2.45, 2.75) is 25.2 Å². The number of benzene rings is 1. The summed E-state index contributed by atoms with van der Waals surface area (Å²) in [7, 11) is 0. The molecule has 1 spiro atoms. The van der Waals surface area contributed by atoms with Crippen molar-refractivity contribution in [2.24, 2.45) is 5.92 Å². The zero-order valence-electron chi connectivity index (χ0n) is 12.1. The Bertz CT molecular complexity index is 581. The Kier molecular flexibility index (Phi) is 3.45. The van der Waals surface area contributed by atoms with Crippen LogP contribution in [0, 0.1) is 5.92 Å². The molecule has 1 saturated carbocycles. The van der Waals surface area contributed by atoms with E-state index in [2.05, 4.69) is 11.4 Å². The van der Waals surface area contributed by atoms with Crippen molar-refractivity contribution in [3.63, 3.8) is 0 Å². The average Bonchev–Trinajstić information content (AvgIpc) is 3.22. The highest BCUT2D eigenvalue weighted by atomic mass is 16.3. The smallest absolute Gasteiger partial charge is 0.316 e. The second-order valence-electron chi connectivity index (χ2n) is 6.19. The molecule has 2 aliphatic rings. The predicted octanol–water partition coefficient (Wildman–Crippen LogP) is 0.809. The molecule has 0 bridgehead atoms. The average molecular weight is 288 g/mol. The fourth-order valence-electron chi connectivity index (χ4n) is 2.92. The molecule has 1 unspecified atom stereocenters. The number of aliphatic hydroxyl groups is 1. The van der Waals surface area contributed by atoms with Gasteiger partial charge >= 0.3 is 11.8 Å². The lowest BCUT2D eigenvalue weighted by molar-refractivity contribution is -0.137. The third-order valence-corrected chi connectivity index (χ3v) is 4.44. The van der Waals surface area contributed by atoms with E-state index in [0.717, 1.165) is 18.5 Å². The number of hydrogen-bond acceptors (Lipinski definition) is 3. The first-order valence-corrected chi connectivity index (χ1v) is 7.37. The molecule has 3 rings (SSSR count). The van der Waals surface area contributed by atoms with E-state index in [-0.39, 0.29) is 17.9 Å². The summed E-state index contributed by atoms with van der Waals surface area (Å²) in [6.07, 6.45) is 2.16. The summed E-state index contributed by atoms with van der Waals surface area (Å²) in [6, 6.07) is 7.84. The van der Waals surface area contributed by atoms with Crippen LogP contribution in [0.25, 0.3) is 0 Å². The van der Waals surface area contributed by atoms with E-state index in [1.807, 2.05) is 25.1 Å². The highest BCUT2D eigenvalue weighted by Gasteiger charge is 2.53. The van der Waals surface area contributed by atoms with Crippen LogP contribution in [0.3, 0.4) is 0 Å². The van der Waals surface area contributed by atoms with Crippen molar-refractivity contribution in [3.05, 3.63) is 29.8 Å². The van der Waals surface area contributed by atoms with Gasteiger partial charge in [-0.05, 0) is 30.4 Å². The van der Waals surface area contributed by atoms with Gasteiger partial charge in [-0.2, -0.15) is 0 Å². The summed E-state index contributed by atoms with van der Waals surface area (Å²) < 4.78 is 0. The number of para-hydroxylation sites is 1. The minimum Gasteiger partial charge on any atom is -0.396 e. The summed E-state index contributed by atoms with van der Waals surface area (Å²) in [5.74, 6) is -1.15. The van der Waals surface area contributed by atoms with Gasteiger partial charge in [0, 0.05) is 30.8 Å². The van der Waals surface area contributed by atoms with Gasteiger partial charge < -0.3 is 15.3 Å². The minimum atomic E-state index is -0.595.